The Morgan fingerprint density at radius 2 is 1.62 bits per heavy atom. The Labute approximate surface area is 247 Å². The molecule has 7 nitrogen and oxygen atoms in total. The van der Waals surface area contributed by atoms with Gasteiger partial charge in [-0.25, -0.2) is 8.42 Å². The molecule has 0 fully saturated rings. The molecule has 0 heterocycles. The highest BCUT2D eigenvalue weighted by Crippen LogP contribution is 2.33. The first-order valence-corrected chi connectivity index (χ1v) is 15.4. The van der Waals surface area contributed by atoms with E-state index in [1.54, 1.807) is 18.2 Å². The van der Waals surface area contributed by atoms with E-state index in [1.807, 2.05) is 45.0 Å². The first-order chi connectivity index (χ1) is 19.1. The van der Waals surface area contributed by atoms with E-state index < -0.39 is 28.5 Å². The largest absolute Gasteiger partial charge is 0.354 e. The van der Waals surface area contributed by atoms with E-state index >= 15 is 0 Å². The monoisotopic (exact) mass is 603 g/mol. The maximum atomic E-state index is 14.1. The topological polar surface area (TPSA) is 86.8 Å². The molecule has 2 amide bonds. The molecule has 0 aliphatic carbocycles. The minimum Gasteiger partial charge on any atom is -0.354 e. The molecule has 0 saturated carbocycles. The number of hydrogen-bond acceptors (Lipinski definition) is 4. The number of aryl methyl sites for hydroxylation is 1. The number of nitrogens with one attached hydrogen (secondary N) is 1. The van der Waals surface area contributed by atoms with Gasteiger partial charge in [0.25, 0.3) is 10.0 Å². The van der Waals surface area contributed by atoms with Crippen molar-refractivity contribution in [1.82, 2.24) is 10.2 Å². The third-order valence-corrected chi connectivity index (χ3v) is 8.92. The highest BCUT2D eigenvalue weighted by molar-refractivity contribution is 7.92. The summed E-state index contributed by atoms with van der Waals surface area (Å²) >= 11 is 12.6. The summed E-state index contributed by atoms with van der Waals surface area (Å²) < 4.78 is 28.7. The van der Waals surface area contributed by atoms with Crippen molar-refractivity contribution in [2.24, 2.45) is 0 Å². The predicted molar refractivity (Wildman–Crippen MR) is 161 cm³/mol. The highest BCUT2D eigenvalue weighted by atomic mass is 35.5. The fourth-order valence-corrected chi connectivity index (χ4v) is 6.33. The predicted octanol–water partition coefficient (Wildman–Crippen LogP) is 6.22. The first kappa shape index (κ1) is 31.5. The van der Waals surface area contributed by atoms with E-state index in [4.69, 9.17) is 23.2 Å². The van der Waals surface area contributed by atoms with Gasteiger partial charge in [-0.2, -0.15) is 0 Å². The molecule has 0 aliphatic rings. The fraction of sp³-hybridized carbons (Fsp3) is 0.333. The minimum atomic E-state index is -4.21. The van der Waals surface area contributed by atoms with Crippen LogP contribution in [0.4, 0.5) is 5.69 Å². The van der Waals surface area contributed by atoms with Crippen molar-refractivity contribution in [1.29, 1.82) is 0 Å². The van der Waals surface area contributed by atoms with Crippen LogP contribution in [0, 0.1) is 6.92 Å². The molecule has 1 atom stereocenters. The second-order valence-corrected chi connectivity index (χ2v) is 12.1. The number of carbonyl (C=O) groups excluding carboxylic acids is 2. The van der Waals surface area contributed by atoms with Gasteiger partial charge in [0.15, 0.2) is 0 Å². The van der Waals surface area contributed by atoms with Crippen LogP contribution in [-0.2, 0) is 26.2 Å². The van der Waals surface area contributed by atoms with Crippen molar-refractivity contribution >= 4 is 50.7 Å². The summed E-state index contributed by atoms with van der Waals surface area (Å²) in [6.45, 7) is 5.85. The van der Waals surface area contributed by atoms with Gasteiger partial charge in [-0.15, -0.1) is 0 Å². The molecule has 3 aromatic carbocycles. The second-order valence-electron chi connectivity index (χ2n) is 9.44. The van der Waals surface area contributed by atoms with Crippen LogP contribution in [0.25, 0.3) is 0 Å². The van der Waals surface area contributed by atoms with Gasteiger partial charge in [0, 0.05) is 18.1 Å². The summed E-state index contributed by atoms with van der Waals surface area (Å²) in [5.74, 6) is -0.814. The molecule has 10 heteroatoms. The van der Waals surface area contributed by atoms with Crippen LogP contribution in [0.2, 0.25) is 10.0 Å². The third-order valence-electron chi connectivity index (χ3n) is 6.61. The number of halogens is 2. The lowest BCUT2D eigenvalue weighted by Gasteiger charge is -2.33. The molecule has 3 rings (SSSR count). The number of sulfonamides is 1. The quantitative estimate of drug-likeness (QED) is 0.235. The molecule has 214 valence electrons. The third kappa shape index (κ3) is 7.77. The van der Waals surface area contributed by atoms with Crippen molar-refractivity contribution < 1.29 is 18.0 Å². The summed E-state index contributed by atoms with van der Waals surface area (Å²) in [7, 11) is -4.21. The maximum Gasteiger partial charge on any atom is 0.264 e. The van der Waals surface area contributed by atoms with Gasteiger partial charge in [-0.1, -0.05) is 85.9 Å². The first-order valence-electron chi connectivity index (χ1n) is 13.2. The van der Waals surface area contributed by atoms with E-state index in [1.165, 1.54) is 35.2 Å². The summed E-state index contributed by atoms with van der Waals surface area (Å²) in [4.78, 5) is 28.8. The summed E-state index contributed by atoms with van der Waals surface area (Å²) in [6, 6.07) is 19.0. The maximum absolute atomic E-state index is 14.1. The number of rotatable bonds is 13. The Morgan fingerprint density at radius 1 is 0.950 bits per heavy atom. The van der Waals surface area contributed by atoms with Gasteiger partial charge >= 0.3 is 0 Å². The highest BCUT2D eigenvalue weighted by Gasteiger charge is 2.34. The molecule has 3 aromatic rings. The van der Waals surface area contributed by atoms with Gasteiger partial charge in [-0.3, -0.25) is 13.9 Å². The van der Waals surface area contributed by atoms with Crippen molar-refractivity contribution in [3.8, 4) is 0 Å². The SMILES string of the molecule is CCCCNC(=O)C(CC)N(Cc1ccccc1C)C(=O)CN(c1ccc(Cl)cc1Cl)S(=O)(=O)c1ccccc1. The lowest BCUT2D eigenvalue weighted by atomic mass is 10.1. The lowest BCUT2D eigenvalue weighted by Crippen LogP contribution is -2.52. The van der Waals surface area contributed by atoms with Crippen LogP contribution < -0.4 is 9.62 Å². The number of benzene rings is 3. The normalized spacial score (nSPS) is 12.0. The van der Waals surface area contributed by atoms with E-state index in [0.29, 0.717) is 18.0 Å². The van der Waals surface area contributed by atoms with Gasteiger partial charge in [0.05, 0.1) is 15.6 Å². The lowest BCUT2D eigenvalue weighted by molar-refractivity contribution is -0.140. The van der Waals surface area contributed by atoms with Crippen LogP contribution >= 0.6 is 23.2 Å². The standard InChI is InChI=1S/C30H35Cl2N3O4S/c1-4-6-18-33-30(37)27(5-2)34(20-23-13-11-10-12-22(23)3)29(36)21-35(28-17-16-24(31)19-26(28)32)40(38,39)25-14-8-7-9-15-25/h7-17,19,27H,4-6,18,20-21H2,1-3H3,(H,33,37). The van der Waals surface area contributed by atoms with Crippen LogP contribution in [-0.4, -0.2) is 44.3 Å². The zero-order chi connectivity index (χ0) is 29.3. The average molecular weight is 605 g/mol. The smallest absolute Gasteiger partial charge is 0.264 e. The van der Waals surface area contributed by atoms with Crippen LogP contribution in [0.5, 0.6) is 0 Å². The molecule has 0 spiro atoms. The number of nitrogens with zero attached hydrogens (tertiary/aromatic N) is 2. The molecule has 0 aliphatic heterocycles. The molecule has 40 heavy (non-hydrogen) atoms. The van der Waals surface area contributed by atoms with E-state index in [2.05, 4.69) is 5.32 Å². The number of amides is 2. The van der Waals surface area contributed by atoms with Gasteiger partial charge < -0.3 is 10.2 Å². The summed E-state index contributed by atoms with van der Waals surface area (Å²) in [5, 5.41) is 3.33. The Hall–Kier alpha value is -3.07. The van der Waals surface area contributed by atoms with Crippen molar-refractivity contribution in [2.45, 2.75) is 57.5 Å². The number of anilines is 1. The number of hydrogen-bond donors (Lipinski definition) is 1. The van der Waals surface area contributed by atoms with E-state index in [-0.39, 0.29) is 28.1 Å². The molecule has 1 unspecified atom stereocenters. The zero-order valence-electron chi connectivity index (χ0n) is 22.9. The second kappa shape index (κ2) is 14.5. The molecular weight excluding hydrogens is 569 g/mol. The Morgan fingerprint density at radius 3 is 2.25 bits per heavy atom. The molecular formula is C30H35Cl2N3O4S. The van der Waals surface area contributed by atoms with Gasteiger partial charge in [0.2, 0.25) is 11.8 Å². The molecule has 0 radical (unpaired) electrons. The van der Waals surface area contributed by atoms with Gasteiger partial charge in [-0.05, 0) is 61.2 Å². The molecule has 0 saturated heterocycles. The molecule has 0 aromatic heterocycles. The van der Waals surface area contributed by atoms with Crippen molar-refractivity contribution in [3.63, 3.8) is 0 Å². The Kier molecular flexibility index (Phi) is 11.4. The van der Waals surface area contributed by atoms with E-state index in [9.17, 15) is 18.0 Å². The summed E-state index contributed by atoms with van der Waals surface area (Å²) in [5.41, 5.74) is 1.92. The van der Waals surface area contributed by atoms with E-state index in [0.717, 1.165) is 28.3 Å². The summed E-state index contributed by atoms with van der Waals surface area (Å²) in [6.07, 6.45) is 2.08. The van der Waals surface area contributed by atoms with Crippen LogP contribution in [0.1, 0.15) is 44.2 Å². The average Bonchev–Trinajstić information content (AvgIpc) is 2.93. The van der Waals surface area contributed by atoms with Crippen molar-refractivity contribution in [2.75, 3.05) is 17.4 Å². The Balaban J connectivity index is 2.07. The fourth-order valence-electron chi connectivity index (χ4n) is 4.31. The molecule has 1 N–H and O–H groups in total. The van der Waals surface area contributed by atoms with Crippen molar-refractivity contribution in [3.05, 3.63) is 94.0 Å². The number of unbranched alkanes of at least 4 members (excludes halogenated alkanes) is 1. The van der Waals surface area contributed by atoms with Crippen LogP contribution in [0.3, 0.4) is 0 Å². The number of carbonyl (C=O) groups is 2. The molecule has 0 bridgehead atoms. The Bertz CT molecular complexity index is 1420. The van der Waals surface area contributed by atoms with Gasteiger partial charge in [0.1, 0.15) is 12.6 Å². The minimum absolute atomic E-state index is 0.00335. The zero-order valence-corrected chi connectivity index (χ0v) is 25.3. The van der Waals surface area contributed by atoms with Crippen LogP contribution in [0.15, 0.2) is 77.7 Å².